The van der Waals surface area contributed by atoms with Gasteiger partial charge in [0.25, 0.3) is 5.79 Å². The largest absolute Gasteiger partial charge is 0.463 e. The zero-order valence-electron chi connectivity index (χ0n) is 9.84. The Kier molecular flexibility index (Phi) is 2.37. The van der Waals surface area contributed by atoms with Crippen LogP contribution in [0.3, 0.4) is 0 Å². The predicted molar refractivity (Wildman–Crippen MR) is 59.0 cm³/mol. The first-order valence-corrected chi connectivity index (χ1v) is 5.17. The third kappa shape index (κ3) is 1.75. The maximum atomic E-state index is 11.8. The number of carbonyl (C=O) groups is 1. The molecular weight excluding hydrogens is 224 g/mol. The fraction of sp³-hybridized carbons (Fsp3) is 0.455. The van der Waals surface area contributed by atoms with Crippen LogP contribution in [-0.2, 0) is 4.79 Å². The lowest BCUT2D eigenvalue weighted by Crippen LogP contribution is -2.50. The summed E-state index contributed by atoms with van der Waals surface area (Å²) >= 11 is 0. The zero-order valence-corrected chi connectivity index (χ0v) is 9.84. The second kappa shape index (κ2) is 3.41. The third-order valence-electron chi connectivity index (χ3n) is 2.41. The Morgan fingerprint density at radius 3 is 2.47 bits per heavy atom. The van der Waals surface area contributed by atoms with E-state index < -0.39 is 17.2 Å². The van der Waals surface area contributed by atoms with E-state index in [0.717, 1.165) is 5.01 Å². The first-order valence-electron chi connectivity index (χ1n) is 5.17. The van der Waals surface area contributed by atoms with Crippen LogP contribution in [0, 0.1) is 0 Å². The Morgan fingerprint density at radius 2 is 2.06 bits per heavy atom. The lowest BCUT2D eigenvalue weighted by Gasteiger charge is -2.28. The van der Waals surface area contributed by atoms with E-state index in [0.29, 0.717) is 0 Å². The van der Waals surface area contributed by atoms with Crippen molar-refractivity contribution in [3.05, 3.63) is 24.2 Å². The number of aliphatic hydroxyl groups is 2. The van der Waals surface area contributed by atoms with Crippen molar-refractivity contribution in [2.24, 2.45) is 5.10 Å². The smallest absolute Gasteiger partial charge is 0.310 e. The highest BCUT2D eigenvalue weighted by Crippen LogP contribution is 2.28. The topological polar surface area (TPSA) is 86.3 Å². The van der Waals surface area contributed by atoms with Crippen LogP contribution >= 0.6 is 0 Å². The van der Waals surface area contributed by atoms with E-state index in [2.05, 4.69) is 5.10 Å². The molecule has 2 N–H and O–H groups in total. The Balaban J connectivity index is 2.48. The minimum absolute atomic E-state index is 0.162. The van der Waals surface area contributed by atoms with E-state index in [9.17, 15) is 15.0 Å². The maximum absolute atomic E-state index is 11.8. The number of carbonyl (C=O) groups excluding carboxylic acids is 1. The summed E-state index contributed by atoms with van der Waals surface area (Å²) in [6.45, 7) is 5.24. The summed E-state index contributed by atoms with van der Waals surface area (Å²) in [6.07, 6.45) is 1.37. The molecule has 0 atom stereocenters. The van der Waals surface area contributed by atoms with Crippen LogP contribution < -0.4 is 0 Å². The van der Waals surface area contributed by atoms with Crippen LogP contribution in [0.1, 0.15) is 26.5 Å². The number of amides is 1. The van der Waals surface area contributed by atoms with Crippen molar-refractivity contribution in [3.63, 3.8) is 0 Å². The third-order valence-corrected chi connectivity index (χ3v) is 2.41. The second-order valence-electron chi connectivity index (χ2n) is 4.89. The molecule has 0 spiro atoms. The van der Waals surface area contributed by atoms with Gasteiger partial charge < -0.3 is 14.6 Å². The first kappa shape index (κ1) is 11.8. The van der Waals surface area contributed by atoms with Gasteiger partial charge in [0.1, 0.15) is 0 Å². The molecule has 0 bridgehead atoms. The number of rotatable bonds is 1. The van der Waals surface area contributed by atoms with Crippen molar-refractivity contribution in [2.75, 3.05) is 0 Å². The van der Waals surface area contributed by atoms with Crippen molar-refractivity contribution in [2.45, 2.75) is 32.1 Å². The van der Waals surface area contributed by atoms with Crippen LogP contribution in [0.4, 0.5) is 0 Å². The zero-order chi connectivity index (χ0) is 12.8. The van der Waals surface area contributed by atoms with Gasteiger partial charge in [0.15, 0.2) is 11.5 Å². The molecule has 2 heterocycles. The van der Waals surface area contributed by atoms with Crippen LogP contribution in [0.2, 0.25) is 0 Å². The van der Waals surface area contributed by atoms with Crippen molar-refractivity contribution in [1.29, 1.82) is 0 Å². The summed E-state index contributed by atoms with van der Waals surface area (Å²) in [5, 5.41) is 24.6. The molecule has 0 radical (unpaired) electrons. The molecule has 0 unspecified atom stereocenters. The summed E-state index contributed by atoms with van der Waals surface area (Å²) in [7, 11) is 0. The predicted octanol–water partition coefficient (Wildman–Crippen LogP) is 0.305. The molecule has 1 aliphatic heterocycles. The van der Waals surface area contributed by atoms with E-state index in [1.165, 1.54) is 12.3 Å². The maximum Gasteiger partial charge on any atom is 0.310 e. The number of hydrogen-bond acceptors (Lipinski definition) is 5. The van der Waals surface area contributed by atoms with Gasteiger partial charge in [-0.1, -0.05) is 0 Å². The molecule has 6 heteroatoms. The number of hydrazone groups is 1. The average Bonchev–Trinajstić information content (AvgIpc) is 2.74. The van der Waals surface area contributed by atoms with Gasteiger partial charge in [0, 0.05) is 0 Å². The summed E-state index contributed by atoms with van der Waals surface area (Å²) < 4.78 is 5.03. The molecule has 0 saturated carbocycles. The molecule has 2 rings (SSSR count). The van der Waals surface area contributed by atoms with Crippen LogP contribution in [-0.4, -0.2) is 38.2 Å². The average molecular weight is 238 g/mol. The Morgan fingerprint density at radius 1 is 1.41 bits per heavy atom. The normalized spacial score (nSPS) is 19.7. The molecule has 1 aromatic rings. The Labute approximate surface area is 98.1 Å². The molecule has 17 heavy (non-hydrogen) atoms. The highest BCUT2D eigenvalue weighted by Gasteiger charge is 2.53. The monoisotopic (exact) mass is 238 g/mol. The molecular formula is C11H14N2O4. The first-order chi connectivity index (χ1) is 7.74. The van der Waals surface area contributed by atoms with E-state index >= 15 is 0 Å². The Bertz CT molecular complexity index is 468. The van der Waals surface area contributed by atoms with Crippen molar-refractivity contribution in [1.82, 2.24) is 5.01 Å². The molecule has 0 fully saturated rings. The molecule has 92 valence electrons. The van der Waals surface area contributed by atoms with Gasteiger partial charge in [-0.05, 0) is 32.9 Å². The minimum atomic E-state index is -2.63. The quantitative estimate of drug-likeness (QED) is 0.689. The Hall–Kier alpha value is -1.66. The van der Waals surface area contributed by atoms with Gasteiger partial charge in [-0.2, -0.15) is 5.10 Å². The molecule has 1 amide bonds. The van der Waals surface area contributed by atoms with Gasteiger partial charge in [-0.3, -0.25) is 4.79 Å². The molecule has 0 aromatic carbocycles. The summed E-state index contributed by atoms with van der Waals surface area (Å²) in [5.41, 5.74) is -0.829. The van der Waals surface area contributed by atoms with Crippen molar-refractivity contribution in [3.8, 4) is 0 Å². The van der Waals surface area contributed by atoms with E-state index in [1.54, 1.807) is 26.8 Å². The number of nitrogens with zero attached hydrogens (tertiary/aromatic N) is 2. The van der Waals surface area contributed by atoms with E-state index in [1.807, 2.05) is 0 Å². The lowest BCUT2D eigenvalue weighted by molar-refractivity contribution is -0.172. The van der Waals surface area contributed by atoms with Gasteiger partial charge >= 0.3 is 5.91 Å². The van der Waals surface area contributed by atoms with Crippen LogP contribution in [0.25, 0.3) is 0 Å². The van der Waals surface area contributed by atoms with Crippen molar-refractivity contribution >= 4 is 11.6 Å². The van der Waals surface area contributed by atoms with Crippen molar-refractivity contribution < 1.29 is 19.4 Å². The second-order valence-corrected chi connectivity index (χ2v) is 4.89. The fourth-order valence-corrected chi connectivity index (χ4v) is 1.55. The number of furan rings is 1. The molecule has 0 aliphatic carbocycles. The number of hydrogen-bond donors (Lipinski definition) is 2. The SMILES string of the molecule is CC(C)(C)N1N=C(c2ccco2)C(O)(O)C1=O. The standard InChI is InChI=1S/C11H14N2O4/c1-10(2,3)13-9(14)11(15,16)8(12-13)7-5-4-6-17-7/h4-6,15-16H,1-3H3. The fourth-order valence-electron chi connectivity index (χ4n) is 1.55. The summed E-state index contributed by atoms with van der Waals surface area (Å²) in [4.78, 5) is 11.8. The summed E-state index contributed by atoms with van der Waals surface area (Å²) in [5.74, 6) is -3.35. The molecule has 1 aromatic heterocycles. The molecule has 1 aliphatic rings. The highest BCUT2D eigenvalue weighted by atomic mass is 16.5. The molecule has 0 saturated heterocycles. The van der Waals surface area contributed by atoms with Gasteiger partial charge in [0.05, 0.1) is 11.8 Å². The van der Waals surface area contributed by atoms with Gasteiger partial charge in [-0.25, -0.2) is 5.01 Å². The van der Waals surface area contributed by atoms with Gasteiger partial charge in [0.2, 0.25) is 0 Å². The minimum Gasteiger partial charge on any atom is -0.463 e. The highest BCUT2D eigenvalue weighted by molar-refractivity contribution is 6.19. The summed E-state index contributed by atoms with van der Waals surface area (Å²) in [6, 6.07) is 3.09. The van der Waals surface area contributed by atoms with E-state index in [-0.39, 0.29) is 11.5 Å². The van der Waals surface area contributed by atoms with E-state index in [4.69, 9.17) is 4.42 Å². The lowest BCUT2D eigenvalue weighted by atomic mass is 10.1. The molecule has 6 nitrogen and oxygen atoms in total. The van der Waals surface area contributed by atoms with Gasteiger partial charge in [-0.15, -0.1) is 0 Å². The van der Waals surface area contributed by atoms with Crippen LogP contribution in [0.15, 0.2) is 27.9 Å². The van der Waals surface area contributed by atoms with Crippen LogP contribution in [0.5, 0.6) is 0 Å².